The third-order valence-corrected chi connectivity index (χ3v) is 4.47. The number of nitrogens with zero attached hydrogens (tertiary/aromatic N) is 1. The van der Waals surface area contributed by atoms with Gasteiger partial charge in [0.25, 0.3) is 0 Å². The second kappa shape index (κ2) is 5.46. The van der Waals surface area contributed by atoms with Crippen molar-refractivity contribution in [1.82, 2.24) is 4.98 Å². The van der Waals surface area contributed by atoms with Gasteiger partial charge < -0.3 is 0 Å². The monoisotopic (exact) mass is 347 g/mol. The van der Waals surface area contributed by atoms with Gasteiger partial charge in [-0.05, 0) is 30.7 Å². The van der Waals surface area contributed by atoms with Crippen molar-refractivity contribution in [2.24, 2.45) is 0 Å². The third-order valence-electron chi connectivity index (χ3n) is 3.07. The number of hydrogen-bond donors (Lipinski definition) is 0. The number of benzene rings is 2. The topological polar surface area (TPSA) is 12.9 Å². The minimum atomic E-state index is -0.191. The number of halogens is 2. The van der Waals surface area contributed by atoms with Crippen LogP contribution in [0.5, 0.6) is 0 Å². The Hall–Kier alpha value is -1.52. The van der Waals surface area contributed by atoms with Crippen LogP contribution in [0, 0.1) is 12.7 Å². The van der Waals surface area contributed by atoms with Crippen molar-refractivity contribution in [1.29, 1.82) is 0 Å². The van der Waals surface area contributed by atoms with Gasteiger partial charge in [0.15, 0.2) is 0 Å². The summed E-state index contributed by atoms with van der Waals surface area (Å²) in [7, 11) is 0. The molecule has 0 aliphatic carbocycles. The first-order valence-corrected chi connectivity index (χ1v) is 7.79. The second-order valence-electron chi connectivity index (χ2n) is 4.48. The zero-order chi connectivity index (χ0) is 14.1. The van der Waals surface area contributed by atoms with E-state index in [1.807, 2.05) is 35.7 Å². The molecule has 3 rings (SSSR count). The molecular weight excluding hydrogens is 337 g/mol. The summed E-state index contributed by atoms with van der Waals surface area (Å²) >= 11 is 4.87. The van der Waals surface area contributed by atoms with Gasteiger partial charge in [-0.15, -0.1) is 11.3 Å². The maximum atomic E-state index is 14.1. The molecule has 0 saturated heterocycles. The highest BCUT2D eigenvalue weighted by Gasteiger charge is 2.12. The van der Waals surface area contributed by atoms with E-state index in [1.165, 1.54) is 11.3 Å². The molecule has 3 aromatic rings. The van der Waals surface area contributed by atoms with Crippen LogP contribution in [-0.2, 0) is 0 Å². The maximum absolute atomic E-state index is 14.1. The fraction of sp³-hybridized carbons (Fsp3) is 0.0625. The van der Waals surface area contributed by atoms with Gasteiger partial charge in [-0.1, -0.05) is 40.2 Å². The molecule has 4 heteroatoms. The summed E-state index contributed by atoms with van der Waals surface area (Å²) in [5.41, 5.74) is 3.11. The summed E-state index contributed by atoms with van der Waals surface area (Å²) in [6.45, 7) is 1.77. The van der Waals surface area contributed by atoms with Crippen LogP contribution in [0.4, 0.5) is 4.39 Å². The summed E-state index contributed by atoms with van der Waals surface area (Å²) < 4.78 is 15.1. The van der Waals surface area contributed by atoms with E-state index < -0.39 is 0 Å². The fourth-order valence-electron chi connectivity index (χ4n) is 1.96. The normalized spacial score (nSPS) is 10.8. The Labute approximate surface area is 129 Å². The van der Waals surface area contributed by atoms with E-state index in [1.54, 1.807) is 19.1 Å². The van der Waals surface area contributed by atoms with E-state index in [9.17, 15) is 4.39 Å². The van der Waals surface area contributed by atoms with Crippen molar-refractivity contribution in [3.63, 3.8) is 0 Å². The lowest BCUT2D eigenvalue weighted by Crippen LogP contribution is -1.87. The van der Waals surface area contributed by atoms with Gasteiger partial charge >= 0.3 is 0 Å². The lowest BCUT2D eigenvalue weighted by Gasteiger charge is -2.01. The standard InChI is InChI=1S/C16H11BrFNS/c1-10-3-2-4-13(15(10)18)16-19-14(9-20-16)11-5-7-12(17)8-6-11/h2-9H,1H3. The van der Waals surface area contributed by atoms with Crippen molar-refractivity contribution in [3.8, 4) is 21.8 Å². The van der Waals surface area contributed by atoms with Gasteiger partial charge in [0.05, 0.1) is 5.69 Å². The predicted octanol–water partition coefficient (Wildman–Crippen LogP) is 5.69. The van der Waals surface area contributed by atoms with Crippen LogP contribution >= 0.6 is 27.3 Å². The Kier molecular flexibility index (Phi) is 3.68. The van der Waals surface area contributed by atoms with Gasteiger partial charge in [0.1, 0.15) is 10.8 Å². The molecular formula is C16H11BrFNS. The van der Waals surface area contributed by atoms with Gasteiger partial charge in [-0.2, -0.15) is 0 Å². The predicted molar refractivity (Wildman–Crippen MR) is 85.4 cm³/mol. The lowest BCUT2D eigenvalue weighted by molar-refractivity contribution is 0.622. The van der Waals surface area contributed by atoms with E-state index in [2.05, 4.69) is 20.9 Å². The lowest BCUT2D eigenvalue weighted by atomic mass is 10.1. The van der Waals surface area contributed by atoms with E-state index in [0.29, 0.717) is 16.1 Å². The molecule has 1 aromatic heterocycles. The number of hydrogen-bond acceptors (Lipinski definition) is 2. The molecule has 0 N–H and O–H groups in total. The summed E-state index contributed by atoms with van der Waals surface area (Å²) in [6.07, 6.45) is 0. The van der Waals surface area contributed by atoms with Crippen molar-refractivity contribution in [3.05, 3.63) is 63.7 Å². The molecule has 0 aliphatic heterocycles. The molecule has 0 saturated carbocycles. The molecule has 0 aliphatic rings. The molecule has 0 atom stereocenters. The number of aryl methyl sites for hydroxylation is 1. The first-order chi connectivity index (χ1) is 9.65. The van der Waals surface area contributed by atoms with Crippen LogP contribution in [0.1, 0.15) is 5.56 Å². The molecule has 100 valence electrons. The van der Waals surface area contributed by atoms with Crippen LogP contribution < -0.4 is 0 Å². The molecule has 0 amide bonds. The summed E-state index contributed by atoms with van der Waals surface area (Å²) in [5, 5.41) is 2.67. The fourth-order valence-corrected chi connectivity index (χ4v) is 3.08. The van der Waals surface area contributed by atoms with Gasteiger partial charge in [0, 0.05) is 21.0 Å². The van der Waals surface area contributed by atoms with Crippen LogP contribution in [0.2, 0.25) is 0 Å². The zero-order valence-electron chi connectivity index (χ0n) is 10.7. The SMILES string of the molecule is Cc1cccc(-c2nc(-c3ccc(Br)cc3)cs2)c1F. The average molecular weight is 348 g/mol. The Morgan fingerprint density at radius 2 is 1.85 bits per heavy atom. The Morgan fingerprint density at radius 1 is 1.10 bits per heavy atom. The Balaban J connectivity index is 2.02. The van der Waals surface area contributed by atoms with Gasteiger partial charge in [-0.3, -0.25) is 0 Å². The van der Waals surface area contributed by atoms with Crippen molar-refractivity contribution < 1.29 is 4.39 Å². The first-order valence-electron chi connectivity index (χ1n) is 6.12. The van der Waals surface area contributed by atoms with Crippen molar-refractivity contribution in [2.75, 3.05) is 0 Å². The molecule has 0 radical (unpaired) electrons. The average Bonchev–Trinajstić information content (AvgIpc) is 2.92. The zero-order valence-corrected chi connectivity index (χ0v) is 13.1. The van der Waals surface area contributed by atoms with Crippen LogP contribution in [0.3, 0.4) is 0 Å². The maximum Gasteiger partial charge on any atom is 0.136 e. The third kappa shape index (κ3) is 2.53. The first kappa shape index (κ1) is 13.5. The van der Waals surface area contributed by atoms with Crippen LogP contribution in [-0.4, -0.2) is 4.98 Å². The molecule has 2 aromatic carbocycles. The van der Waals surface area contributed by atoms with E-state index >= 15 is 0 Å². The molecule has 1 nitrogen and oxygen atoms in total. The second-order valence-corrected chi connectivity index (χ2v) is 6.26. The van der Waals surface area contributed by atoms with Crippen molar-refractivity contribution in [2.45, 2.75) is 6.92 Å². The molecule has 0 bridgehead atoms. The molecule has 0 fully saturated rings. The van der Waals surface area contributed by atoms with Crippen molar-refractivity contribution >= 4 is 27.3 Å². The minimum absolute atomic E-state index is 0.191. The largest absolute Gasteiger partial charge is 0.236 e. The highest BCUT2D eigenvalue weighted by Crippen LogP contribution is 2.31. The number of thiazole rings is 1. The summed E-state index contributed by atoms with van der Waals surface area (Å²) in [6, 6.07) is 13.3. The van der Waals surface area contributed by atoms with E-state index in [-0.39, 0.29) is 5.82 Å². The van der Waals surface area contributed by atoms with E-state index in [4.69, 9.17) is 0 Å². The minimum Gasteiger partial charge on any atom is -0.236 e. The van der Waals surface area contributed by atoms with E-state index in [0.717, 1.165) is 15.7 Å². The number of aromatic nitrogens is 1. The number of rotatable bonds is 2. The highest BCUT2D eigenvalue weighted by molar-refractivity contribution is 9.10. The quantitative estimate of drug-likeness (QED) is 0.580. The molecule has 0 spiro atoms. The molecule has 0 unspecified atom stereocenters. The highest BCUT2D eigenvalue weighted by atomic mass is 79.9. The Bertz CT molecular complexity index is 749. The smallest absolute Gasteiger partial charge is 0.136 e. The summed E-state index contributed by atoms with van der Waals surface area (Å²) in [5.74, 6) is -0.191. The molecule has 1 heterocycles. The summed E-state index contributed by atoms with van der Waals surface area (Å²) in [4.78, 5) is 4.55. The Morgan fingerprint density at radius 3 is 2.60 bits per heavy atom. The van der Waals surface area contributed by atoms with Crippen LogP contribution in [0.15, 0.2) is 52.3 Å². The van der Waals surface area contributed by atoms with Crippen LogP contribution in [0.25, 0.3) is 21.8 Å². The molecule has 20 heavy (non-hydrogen) atoms. The van der Waals surface area contributed by atoms with Gasteiger partial charge in [-0.25, -0.2) is 9.37 Å². The van der Waals surface area contributed by atoms with Gasteiger partial charge in [0.2, 0.25) is 0 Å².